The van der Waals surface area contributed by atoms with E-state index in [2.05, 4.69) is 28.7 Å². The summed E-state index contributed by atoms with van der Waals surface area (Å²) in [6.07, 6.45) is 3.61. The SMILES string of the molecule is CCCOc1ccc(C(=O)N2CCN(c3nc4cccnc4s3)CC2)cc1OCCC. The number of carbonyl (C=O) groups excluding carboxylic acids is 1. The van der Waals surface area contributed by atoms with E-state index in [4.69, 9.17) is 9.47 Å². The molecule has 0 aliphatic carbocycles. The molecular formula is C23H28N4O3S. The second-order valence-corrected chi connectivity index (χ2v) is 8.42. The topological polar surface area (TPSA) is 67.8 Å². The van der Waals surface area contributed by atoms with Gasteiger partial charge in [-0.3, -0.25) is 4.79 Å². The Balaban J connectivity index is 1.42. The minimum absolute atomic E-state index is 0.0222. The summed E-state index contributed by atoms with van der Waals surface area (Å²) in [4.78, 5) is 27.3. The van der Waals surface area contributed by atoms with Crippen LogP contribution >= 0.6 is 11.3 Å². The lowest BCUT2D eigenvalue weighted by Crippen LogP contribution is -2.48. The first-order valence-corrected chi connectivity index (χ1v) is 11.7. The first-order chi connectivity index (χ1) is 15.2. The molecule has 1 aromatic carbocycles. The molecule has 8 heteroatoms. The fraction of sp³-hybridized carbons (Fsp3) is 0.435. The number of thiazole rings is 1. The molecule has 31 heavy (non-hydrogen) atoms. The van der Waals surface area contributed by atoms with E-state index in [0.717, 1.165) is 41.4 Å². The average Bonchev–Trinajstić information content (AvgIpc) is 3.25. The van der Waals surface area contributed by atoms with Crippen LogP contribution in [0.4, 0.5) is 5.13 Å². The van der Waals surface area contributed by atoms with Crippen LogP contribution in [-0.2, 0) is 0 Å². The number of hydrogen-bond donors (Lipinski definition) is 0. The lowest BCUT2D eigenvalue weighted by atomic mass is 10.1. The molecule has 0 radical (unpaired) electrons. The van der Waals surface area contributed by atoms with Crippen LogP contribution in [-0.4, -0.2) is 60.2 Å². The lowest BCUT2D eigenvalue weighted by Gasteiger charge is -2.34. The van der Waals surface area contributed by atoms with Crippen molar-refractivity contribution in [3.63, 3.8) is 0 Å². The Morgan fingerprint density at radius 1 is 1.03 bits per heavy atom. The van der Waals surface area contributed by atoms with Crippen LogP contribution in [0.1, 0.15) is 37.0 Å². The molecule has 0 unspecified atom stereocenters. The summed E-state index contributed by atoms with van der Waals surface area (Å²) >= 11 is 1.60. The number of amides is 1. The van der Waals surface area contributed by atoms with Gasteiger partial charge in [0.1, 0.15) is 10.3 Å². The zero-order valence-electron chi connectivity index (χ0n) is 18.0. The largest absolute Gasteiger partial charge is 0.490 e. The van der Waals surface area contributed by atoms with Gasteiger partial charge < -0.3 is 19.3 Å². The van der Waals surface area contributed by atoms with E-state index in [1.165, 1.54) is 0 Å². The molecule has 0 spiro atoms. The molecule has 3 aromatic rings. The van der Waals surface area contributed by atoms with E-state index in [0.29, 0.717) is 43.4 Å². The Morgan fingerprint density at radius 2 is 1.77 bits per heavy atom. The van der Waals surface area contributed by atoms with Gasteiger partial charge in [0.25, 0.3) is 5.91 Å². The maximum atomic E-state index is 13.1. The third kappa shape index (κ3) is 4.90. The smallest absolute Gasteiger partial charge is 0.254 e. The summed E-state index contributed by atoms with van der Waals surface area (Å²) in [7, 11) is 0. The van der Waals surface area contributed by atoms with Gasteiger partial charge in [0.15, 0.2) is 16.6 Å². The molecule has 0 bridgehead atoms. The number of fused-ring (bicyclic) bond motifs is 1. The lowest BCUT2D eigenvalue weighted by molar-refractivity contribution is 0.0746. The van der Waals surface area contributed by atoms with Crippen molar-refractivity contribution >= 4 is 32.7 Å². The molecule has 164 valence electrons. The van der Waals surface area contributed by atoms with Crippen LogP contribution in [0.25, 0.3) is 10.3 Å². The summed E-state index contributed by atoms with van der Waals surface area (Å²) < 4.78 is 11.6. The molecule has 2 aromatic heterocycles. The van der Waals surface area contributed by atoms with Crippen molar-refractivity contribution < 1.29 is 14.3 Å². The zero-order valence-corrected chi connectivity index (χ0v) is 18.9. The molecule has 1 fully saturated rings. The maximum absolute atomic E-state index is 13.1. The van der Waals surface area contributed by atoms with E-state index in [-0.39, 0.29) is 5.91 Å². The Morgan fingerprint density at radius 3 is 2.48 bits per heavy atom. The van der Waals surface area contributed by atoms with Crippen molar-refractivity contribution in [1.82, 2.24) is 14.9 Å². The Hall–Kier alpha value is -2.87. The van der Waals surface area contributed by atoms with E-state index >= 15 is 0 Å². The molecule has 0 N–H and O–H groups in total. The van der Waals surface area contributed by atoms with Gasteiger partial charge in [-0.15, -0.1) is 0 Å². The molecule has 0 atom stereocenters. The van der Waals surface area contributed by atoms with Gasteiger partial charge in [-0.1, -0.05) is 25.2 Å². The molecule has 1 amide bonds. The number of carbonyl (C=O) groups is 1. The van der Waals surface area contributed by atoms with Gasteiger partial charge in [-0.25, -0.2) is 9.97 Å². The summed E-state index contributed by atoms with van der Waals surface area (Å²) in [5.74, 6) is 1.36. The second-order valence-electron chi connectivity index (χ2n) is 7.46. The number of hydrogen-bond acceptors (Lipinski definition) is 7. The molecule has 1 aliphatic heterocycles. The fourth-order valence-electron chi connectivity index (χ4n) is 3.47. The number of piperazine rings is 1. The third-order valence-corrected chi connectivity index (χ3v) is 6.15. The third-order valence-electron chi connectivity index (χ3n) is 5.11. The summed E-state index contributed by atoms with van der Waals surface area (Å²) in [6, 6.07) is 9.37. The van der Waals surface area contributed by atoms with Gasteiger partial charge in [-0.05, 0) is 43.2 Å². The molecule has 3 heterocycles. The summed E-state index contributed by atoms with van der Waals surface area (Å²) in [5.41, 5.74) is 1.55. The molecular weight excluding hydrogens is 412 g/mol. The highest BCUT2D eigenvalue weighted by atomic mass is 32.1. The number of ether oxygens (including phenoxy) is 2. The van der Waals surface area contributed by atoms with Crippen LogP contribution in [0, 0.1) is 0 Å². The Labute approximate surface area is 186 Å². The molecule has 4 rings (SSSR count). The number of benzene rings is 1. The first-order valence-electron chi connectivity index (χ1n) is 10.8. The van der Waals surface area contributed by atoms with Gasteiger partial charge in [-0.2, -0.15) is 0 Å². The molecule has 1 aliphatic rings. The van der Waals surface area contributed by atoms with E-state index in [1.54, 1.807) is 17.5 Å². The normalized spacial score (nSPS) is 14.1. The molecule has 1 saturated heterocycles. The number of aromatic nitrogens is 2. The first kappa shape index (κ1) is 21.4. The highest BCUT2D eigenvalue weighted by molar-refractivity contribution is 7.21. The maximum Gasteiger partial charge on any atom is 0.254 e. The van der Waals surface area contributed by atoms with E-state index in [1.807, 2.05) is 35.2 Å². The minimum Gasteiger partial charge on any atom is -0.490 e. The standard InChI is InChI=1S/C23H28N4O3S/c1-3-14-29-19-8-7-17(16-20(19)30-15-4-2)22(28)26-10-12-27(13-11-26)23-25-18-6-5-9-24-21(18)31-23/h5-9,16H,3-4,10-15H2,1-2H3. The quantitative estimate of drug-likeness (QED) is 0.522. The van der Waals surface area contributed by atoms with Crippen LogP contribution in [0.2, 0.25) is 0 Å². The van der Waals surface area contributed by atoms with Crippen molar-refractivity contribution in [2.24, 2.45) is 0 Å². The second kappa shape index (κ2) is 9.96. The van der Waals surface area contributed by atoms with Gasteiger partial charge in [0.05, 0.1) is 13.2 Å². The summed E-state index contributed by atoms with van der Waals surface area (Å²) in [6.45, 7) is 8.15. The summed E-state index contributed by atoms with van der Waals surface area (Å²) in [5, 5.41) is 0.966. The molecule has 0 saturated carbocycles. The number of anilines is 1. The fourth-order valence-corrected chi connectivity index (χ4v) is 4.43. The predicted molar refractivity (Wildman–Crippen MR) is 124 cm³/mol. The minimum atomic E-state index is 0.0222. The Bertz CT molecular complexity index is 998. The highest BCUT2D eigenvalue weighted by Crippen LogP contribution is 2.30. The van der Waals surface area contributed by atoms with Crippen LogP contribution in [0.3, 0.4) is 0 Å². The number of rotatable bonds is 8. The van der Waals surface area contributed by atoms with Gasteiger partial charge in [0, 0.05) is 37.9 Å². The highest BCUT2D eigenvalue weighted by Gasteiger charge is 2.25. The van der Waals surface area contributed by atoms with Crippen molar-refractivity contribution in [3.05, 3.63) is 42.1 Å². The monoisotopic (exact) mass is 440 g/mol. The van der Waals surface area contributed by atoms with Crippen LogP contribution in [0.5, 0.6) is 11.5 Å². The number of pyridine rings is 1. The average molecular weight is 441 g/mol. The van der Waals surface area contributed by atoms with Crippen molar-refractivity contribution in [3.8, 4) is 11.5 Å². The Kier molecular flexibility index (Phi) is 6.86. The van der Waals surface area contributed by atoms with E-state index in [9.17, 15) is 4.79 Å². The van der Waals surface area contributed by atoms with Crippen molar-refractivity contribution in [2.75, 3.05) is 44.3 Å². The molecule has 7 nitrogen and oxygen atoms in total. The predicted octanol–water partition coefficient (Wildman–Crippen LogP) is 4.23. The van der Waals surface area contributed by atoms with Crippen molar-refractivity contribution in [2.45, 2.75) is 26.7 Å². The van der Waals surface area contributed by atoms with Crippen LogP contribution in [0.15, 0.2) is 36.5 Å². The number of nitrogens with zero attached hydrogens (tertiary/aromatic N) is 4. The van der Waals surface area contributed by atoms with Gasteiger partial charge in [0.2, 0.25) is 0 Å². The van der Waals surface area contributed by atoms with Crippen LogP contribution < -0.4 is 14.4 Å². The van der Waals surface area contributed by atoms with E-state index < -0.39 is 0 Å². The van der Waals surface area contributed by atoms with Crippen molar-refractivity contribution in [1.29, 1.82) is 0 Å². The zero-order chi connectivity index (χ0) is 21.6. The van der Waals surface area contributed by atoms with Gasteiger partial charge >= 0.3 is 0 Å².